The number of aryl methyl sites for hydroxylation is 1. The lowest BCUT2D eigenvalue weighted by molar-refractivity contribution is 0.281. The molecule has 0 N–H and O–H groups in total. The maximum atomic E-state index is 11.8. The lowest BCUT2D eigenvalue weighted by atomic mass is 10.1. The van der Waals surface area contributed by atoms with Gasteiger partial charge in [0.05, 0.1) is 29.8 Å². The first-order chi connectivity index (χ1) is 13.8. The number of benzene rings is 1. The molecule has 0 spiro atoms. The highest BCUT2D eigenvalue weighted by Gasteiger charge is 2.31. The Morgan fingerprint density at radius 1 is 1.17 bits per heavy atom. The van der Waals surface area contributed by atoms with E-state index in [2.05, 4.69) is 20.2 Å². The molecule has 1 aromatic carbocycles. The van der Waals surface area contributed by atoms with Crippen molar-refractivity contribution >= 4 is 9.84 Å². The van der Waals surface area contributed by atoms with E-state index in [1.807, 2.05) is 55.9 Å². The van der Waals surface area contributed by atoms with Crippen molar-refractivity contribution in [1.29, 1.82) is 0 Å². The monoisotopic (exact) mass is 415 g/mol. The van der Waals surface area contributed by atoms with Crippen LogP contribution in [-0.2, 0) is 22.9 Å². The van der Waals surface area contributed by atoms with Crippen LogP contribution in [0.15, 0.2) is 34.7 Å². The van der Waals surface area contributed by atoms with Crippen LogP contribution in [0.2, 0.25) is 0 Å². The van der Waals surface area contributed by atoms with Gasteiger partial charge >= 0.3 is 0 Å². The van der Waals surface area contributed by atoms with Crippen LogP contribution in [0.1, 0.15) is 35.3 Å². The summed E-state index contributed by atoms with van der Waals surface area (Å²) >= 11 is 0. The average molecular weight is 416 g/mol. The first-order valence-electron chi connectivity index (χ1n) is 9.64. The molecule has 4 rings (SSSR count). The Morgan fingerprint density at radius 2 is 1.93 bits per heavy atom. The third-order valence-corrected chi connectivity index (χ3v) is 7.10. The predicted molar refractivity (Wildman–Crippen MR) is 109 cm³/mol. The lowest BCUT2D eigenvalue weighted by Crippen LogP contribution is -2.19. The molecule has 0 saturated carbocycles. The standard InChI is InChI=1S/C20H25N5O3S/c1-14-18(15(2)25(23-14)17-9-10-29(26,27)13-17)11-24(3)12-19-21-22-20(28-19)16-7-5-4-6-8-16/h4-8,17H,9-13H2,1-3H3/t17-/m1/s1. The Hall–Kier alpha value is -2.52. The molecule has 2 aromatic heterocycles. The van der Waals surface area contributed by atoms with Crippen molar-refractivity contribution in [2.24, 2.45) is 0 Å². The molecule has 1 atom stereocenters. The van der Waals surface area contributed by atoms with Crippen LogP contribution in [0.4, 0.5) is 0 Å². The van der Waals surface area contributed by atoms with Gasteiger partial charge in [0.2, 0.25) is 11.8 Å². The first-order valence-corrected chi connectivity index (χ1v) is 11.5. The van der Waals surface area contributed by atoms with E-state index in [4.69, 9.17) is 4.42 Å². The zero-order valence-corrected chi connectivity index (χ0v) is 17.7. The summed E-state index contributed by atoms with van der Waals surface area (Å²) < 4.78 is 31.3. The molecule has 29 heavy (non-hydrogen) atoms. The smallest absolute Gasteiger partial charge is 0.247 e. The summed E-state index contributed by atoms with van der Waals surface area (Å²) in [5.41, 5.74) is 3.95. The second-order valence-electron chi connectivity index (χ2n) is 7.69. The zero-order chi connectivity index (χ0) is 20.6. The Labute approximate surface area is 170 Å². The van der Waals surface area contributed by atoms with Crippen molar-refractivity contribution in [1.82, 2.24) is 24.9 Å². The van der Waals surface area contributed by atoms with Crippen molar-refractivity contribution in [3.8, 4) is 11.5 Å². The van der Waals surface area contributed by atoms with Crippen molar-refractivity contribution in [3.63, 3.8) is 0 Å². The van der Waals surface area contributed by atoms with Crippen molar-refractivity contribution in [2.75, 3.05) is 18.6 Å². The van der Waals surface area contributed by atoms with Gasteiger partial charge < -0.3 is 4.42 Å². The average Bonchev–Trinajstić information content (AvgIpc) is 3.36. The molecule has 3 aromatic rings. The van der Waals surface area contributed by atoms with Gasteiger partial charge in [-0.05, 0) is 39.4 Å². The number of hydrogen-bond acceptors (Lipinski definition) is 7. The summed E-state index contributed by atoms with van der Waals surface area (Å²) in [5, 5.41) is 12.9. The number of rotatable bonds is 6. The van der Waals surface area contributed by atoms with Crippen LogP contribution in [0.25, 0.3) is 11.5 Å². The van der Waals surface area contributed by atoms with Crippen LogP contribution in [0.5, 0.6) is 0 Å². The quantitative estimate of drug-likeness (QED) is 0.611. The van der Waals surface area contributed by atoms with Crippen LogP contribution < -0.4 is 0 Å². The maximum absolute atomic E-state index is 11.8. The van der Waals surface area contributed by atoms with Gasteiger partial charge in [0, 0.05) is 23.4 Å². The van der Waals surface area contributed by atoms with Crippen LogP contribution in [-0.4, -0.2) is 51.8 Å². The van der Waals surface area contributed by atoms with Gasteiger partial charge in [0.25, 0.3) is 0 Å². The molecule has 1 aliphatic rings. The summed E-state index contributed by atoms with van der Waals surface area (Å²) in [6.07, 6.45) is 0.629. The summed E-state index contributed by atoms with van der Waals surface area (Å²) in [5.74, 6) is 1.48. The van der Waals surface area contributed by atoms with Gasteiger partial charge in [-0.2, -0.15) is 5.10 Å². The lowest BCUT2D eigenvalue weighted by Gasteiger charge is -2.15. The molecular weight excluding hydrogens is 390 g/mol. The Morgan fingerprint density at radius 3 is 2.62 bits per heavy atom. The second-order valence-corrected chi connectivity index (χ2v) is 9.92. The minimum absolute atomic E-state index is 0.0675. The Kier molecular flexibility index (Phi) is 5.26. The fraction of sp³-hybridized carbons (Fsp3) is 0.450. The highest BCUT2D eigenvalue weighted by Crippen LogP contribution is 2.27. The minimum atomic E-state index is -2.95. The van der Waals surface area contributed by atoms with E-state index in [0.717, 1.165) is 22.5 Å². The molecule has 1 fully saturated rings. The fourth-order valence-corrected chi connectivity index (χ4v) is 5.51. The predicted octanol–water partition coefficient (Wildman–Crippen LogP) is 2.54. The normalized spacial score (nSPS) is 18.6. The van der Waals surface area contributed by atoms with Crippen molar-refractivity contribution < 1.29 is 12.8 Å². The van der Waals surface area contributed by atoms with Gasteiger partial charge in [-0.25, -0.2) is 8.42 Å². The number of sulfone groups is 1. The third-order valence-electron chi connectivity index (χ3n) is 5.35. The third kappa shape index (κ3) is 4.25. The van der Waals surface area contributed by atoms with E-state index in [9.17, 15) is 8.42 Å². The summed E-state index contributed by atoms with van der Waals surface area (Å²) in [6, 6.07) is 9.62. The van der Waals surface area contributed by atoms with E-state index in [1.165, 1.54) is 0 Å². The largest absolute Gasteiger partial charge is 0.419 e. The molecule has 9 heteroatoms. The van der Waals surface area contributed by atoms with Gasteiger partial charge in [-0.15, -0.1) is 10.2 Å². The molecule has 0 unspecified atom stereocenters. The highest BCUT2D eigenvalue weighted by molar-refractivity contribution is 7.91. The minimum Gasteiger partial charge on any atom is -0.419 e. The van der Waals surface area contributed by atoms with Crippen LogP contribution in [0.3, 0.4) is 0 Å². The summed E-state index contributed by atoms with van der Waals surface area (Å²) in [7, 11) is -0.958. The topological polar surface area (TPSA) is 94.1 Å². The molecule has 8 nitrogen and oxygen atoms in total. The maximum Gasteiger partial charge on any atom is 0.247 e. The van der Waals surface area contributed by atoms with Crippen LogP contribution >= 0.6 is 0 Å². The van der Waals surface area contributed by atoms with Gasteiger partial charge in [0.15, 0.2) is 9.84 Å². The van der Waals surface area contributed by atoms with Crippen molar-refractivity contribution in [3.05, 3.63) is 53.2 Å². The molecule has 0 radical (unpaired) electrons. The molecule has 1 saturated heterocycles. The van der Waals surface area contributed by atoms with Crippen LogP contribution in [0, 0.1) is 13.8 Å². The highest BCUT2D eigenvalue weighted by atomic mass is 32.2. The van der Waals surface area contributed by atoms with E-state index in [0.29, 0.717) is 31.3 Å². The number of nitrogens with zero attached hydrogens (tertiary/aromatic N) is 5. The molecule has 3 heterocycles. The van der Waals surface area contributed by atoms with Crippen molar-refractivity contribution in [2.45, 2.75) is 39.4 Å². The molecular formula is C20H25N5O3S. The summed E-state index contributed by atoms with van der Waals surface area (Å²) in [6.45, 7) is 5.16. The molecule has 154 valence electrons. The van der Waals surface area contributed by atoms with Gasteiger partial charge in [-0.3, -0.25) is 9.58 Å². The van der Waals surface area contributed by atoms with E-state index in [1.54, 1.807) is 0 Å². The second kappa shape index (κ2) is 7.72. The van der Waals surface area contributed by atoms with Gasteiger partial charge in [-0.1, -0.05) is 18.2 Å². The molecule has 0 aliphatic carbocycles. The number of hydrogen-bond donors (Lipinski definition) is 0. The molecule has 1 aliphatic heterocycles. The van der Waals surface area contributed by atoms with E-state index in [-0.39, 0.29) is 17.5 Å². The Balaban J connectivity index is 1.45. The first kappa shape index (κ1) is 19.8. The van der Waals surface area contributed by atoms with E-state index < -0.39 is 9.84 Å². The van der Waals surface area contributed by atoms with Gasteiger partial charge in [0.1, 0.15) is 0 Å². The number of aromatic nitrogens is 4. The van der Waals surface area contributed by atoms with E-state index >= 15 is 0 Å². The molecule has 0 bridgehead atoms. The molecule has 0 amide bonds. The zero-order valence-electron chi connectivity index (χ0n) is 16.9. The Bertz CT molecular complexity index is 1100. The fourth-order valence-electron chi connectivity index (χ4n) is 3.82. The summed E-state index contributed by atoms with van der Waals surface area (Å²) in [4.78, 5) is 2.09. The SMILES string of the molecule is Cc1nn([C@@H]2CCS(=O)(=O)C2)c(C)c1CN(C)Cc1nnc(-c2ccccc2)o1.